The molecule has 2 nitrogen and oxygen atoms in total. The number of rotatable bonds is 5. The molecule has 0 aromatic heterocycles. The summed E-state index contributed by atoms with van der Waals surface area (Å²) in [5, 5.41) is 7.22. The summed E-state index contributed by atoms with van der Waals surface area (Å²) < 4.78 is 0. The van der Waals surface area contributed by atoms with Gasteiger partial charge < -0.3 is 10.6 Å². The summed E-state index contributed by atoms with van der Waals surface area (Å²) in [6.45, 7) is 8.39. The lowest BCUT2D eigenvalue weighted by molar-refractivity contribution is 0.218. The van der Waals surface area contributed by atoms with Crippen molar-refractivity contribution in [1.82, 2.24) is 10.6 Å². The Morgan fingerprint density at radius 3 is 2.73 bits per heavy atom. The number of hydrogen-bond donors (Lipinski definition) is 2. The van der Waals surface area contributed by atoms with Gasteiger partial charge in [-0.25, -0.2) is 0 Å². The Labute approximate surface area is 94.2 Å². The Kier molecular flexibility index (Phi) is 3.68. The van der Waals surface area contributed by atoms with Crippen LogP contribution in [-0.2, 0) is 0 Å². The highest BCUT2D eigenvalue weighted by molar-refractivity contribution is 4.94. The summed E-state index contributed by atoms with van der Waals surface area (Å²) in [5.41, 5.74) is 0.560. The van der Waals surface area contributed by atoms with E-state index in [1.807, 2.05) is 0 Å². The third kappa shape index (κ3) is 3.18. The second-order valence-electron chi connectivity index (χ2n) is 5.83. The van der Waals surface area contributed by atoms with Crippen molar-refractivity contribution in [3.63, 3.8) is 0 Å². The van der Waals surface area contributed by atoms with E-state index in [9.17, 15) is 0 Å². The van der Waals surface area contributed by atoms with Crippen molar-refractivity contribution in [1.29, 1.82) is 0 Å². The van der Waals surface area contributed by atoms with Crippen LogP contribution in [0.3, 0.4) is 0 Å². The number of piperidine rings is 1. The molecule has 88 valence electrons. The van der Waals surface area contributed by atoms with E-state index in [-0.39, 0.29) is 0 Å². The van der Waals surface area contributed by atoms with E-state index in [4.69, 9.17) is 0 Å². The Morgan fingerprint density at radius 2 is 2.07 bits per heavy atom. The minimum atomic E-state index is 0.560. The van der Waals surface area contributed by atoms with Crippen LogP contribution in [0, 0.1) is 11.3 Å². The first-order valence-corrected chi connectivity index (χ1v) is 6.68. The molecular formula is C13H26N2. The molecule has 0 aromatic rings. The summed E-state index contributed by atoms with van der Waals surface area (Å²) in [5.74, 6) is 1.00. The maximum atomic E-state index is 3.77. The molecule has 0 aromatic carbocycles. The SMILES string of the molecule is CCCC1CC1NCC1(C)CCNCC1. The summed E-state index contributed by atoms with van der Waals surface area (Å²) in [4.78, 5) is 0. The highest BCUT2D eigenvalue weighted by atomic mass is 15.0. The first kappa shape index (κ1) is 11.4. The highest BCUT2D eigenvalue weighted by Gasteiger charge is 2.37. The molecule has 1 saturated carbocycles. The fourth-order valence-electron chi connectivity index (χ4n) is 2.77. The van der Waals surface area contributed by atoms with Gasteiger partial charge in [0, 0.05) is 12.6 Å². The second-order valence-corrected chi connectivity index (χ2v) is 5.83. The van der Waals surface area contributed by atoms with Crippen LogP contribution in [0.5, 0.6) is 0 Å². The lowest BCUT2D eigenvalue weighted by atomic mass is 9.81. The van der Waals surface area contributed by atoms with E-state index in [0.29, 0.717) is 5.41 Å². The van der Waals surface area contributed by atoms with Crippen LogP contribution >= 0.6 is 0 Å². The van der Waals surface area contributed by atoms with E-state index >= 15 is 0 Å². The summed E-state index contributed by atoms with van der Waals surface area (Å²) in [6.07, 6.45) is 6.89. The van der Waals surface area contributed by atoms with E-state index < -0.39 is 0 Å². The molecule has 1 saturated heterocycles. The van der Waals surface area contributed by atoms with Gasteiger partial charge in [0.1, 0.15) is 0 Å². The molecule has 1 aliphatic heterocycles. The van der Waals surface area contributed by atoms with E-state index in [1.54, 1.807) is 0 Å². The van der Waals surface area contributed by atoms with Crippen LogP contribution in [-0.4, -0.2) is 25.7 Å². The average molecular weight is 210 g/mol. The van der Waals surface area contributed by atoms with Gasteiger partial charge in [0.25, 0.3) is 0 Å². The molecule has 0 spiro atoms. The van der Waals surface area contributed by atoms with Crippen molar-refractivity contribution in [3.8, 4) is 0 Å². The molecule has 2 atom stereocenters. The molecule has 1 aliphatic carbocycles. The van der Waals surface area contributed by atoms with Gasteiger partial charge in [-0.1, -0.05) is 20.3 Å². The van der Waals surface area contributed by atoms with Crippen molar-refractivity contribution in [2.45, 2.75) is 52.0 Å². The van der Waals surface area contributed by atoms with Crippen LogP contribution in [0.15, 0.2) is 0 Å². The highest BCUT2D eigenvalue weighted by Crippen LogP contribution is 2.36. The Morgan fingerprint density at radius 1 is 1.33 bits per heavy atom. The summed E-state index contributed by atoms with van der Waals surface area (Å²) in [6, 6.07) is 0.858. The standard InChI is InChI=1S/C13H26N2/c1-3-4-11-9-12(11)15-10-13(2)5-7-14-8-6-13/h11-12,14-15H,3-10H2,1-2H3. The maximum absolute atomic E-state index is 3.77. The molecule has 2 aliphatic rings. The Bertz CT molecular complexity index is 197. The monoisotopic (exact) mass is 210 g/mol. The summed E-state index contributed by atoms with van der Waals surface area (Å²) in [7, 11) is 0. The quantitative estimate of drug-likeness (QED) is 0.726. The molecule has 1 heterocycles. The van der Waals surface area contributed by atoms with Gasteiger partial charge in [0.05, 0.1) is 0 Å². The fraction of sp³-hybridized carbons (Fsp3) is 1.00. The summed E-state index contributed by atoms with van der Waals surface area (Å²) >= 11 is 0. The topological polar surface area (TPSA) is 24.1 Å². The Balaban J connectivity index is 1.65. The molecule has 2 heteroatoms. The predicted octanol–water partition coefficient (Wildman–Crippen LogP) is 2.15. The van der Waals surface area contributed by atoms with Gasteiger partial charge in [0.15, 0.2) is 0 Å². The minimum absolute atomic E-state index is 0.560. The van der Waals surface area contributed by atoms with Gasteiger partial charge in [-0.2, -0.15) is 0 Å². The molecule has 2 rings (SSSR count). The van der Waals surface area contributed by atoms with Crippen LogP contribution in [0.2, 0.25) is 0 Å². The molecular weight excluding hydrogens is 184 g/mol. The van der Waals surface area contributed by atoms with Crippen LogP contribution in [0.25, 0.3) is 0 Å². The largest absolute Gasteiger partial charge is 0.317 e. The maximum Gasteiger partial charge on any atom is 0.00993 e. The molecule has 0 radical (unpaired) electrons. The molecule has 2 N–H and O–H groups in total. The van der Waals surface area contributed by atoms with Crippen LogP contribution < -0.4 is 10.6 Å². The minimum Gasteiger partial charge on any atom is -0.317 e. The molecule has 2 unspecified atom stereocenters. The fourth-order valence-corrected chi connectivity index (χ4v) is 2.77. The zero-order valence-electron chi connectivity index (χ0n) is 10.3. The van der Waals surface area contributed by atoms with E-state index in [0.717, 1.165) is 12.0 Å². The lowest BCUT2D eigenvalue weighted by Crippen LogP contribution is -2.42. The third-order valence-corrected chi connectivity index (χ3v) is 4.18. The lowest BCUT2D eigenvalue weighted by Gasteiger charge is -2.34. The van der Waals surface area contributed by atoms with Crippen molar-refractivity contribution in [2.24, 2.45) is 11.3 Å². The van der Waals surface area contributed by atoms with Crippen LogP contribution in [0.4, 0.5) is 0 Å². The van der Waals surface area contributed by atoms with Crippen LogP contribution in [0.1, 0.15) is 46.0 Å². The molecule has 0 amide bonds. The number of hydrogen-bond acceptors (Lipinski definition) is 2. The van der Waals surface area contributed by atoms with Crippen molar-refractivity contribution < 1.29 is 0 Å². The second kappa shape index (κ2) is 4.84. The zero-order valence-corrected chi connectivity index (χ0v) is 10.3. The normalized spacial score (nSPS) is 34.0. The van der Waals surface area contributed by atoms with Gasteiger partial charge in [-0.15, -0.1) is 0 Å². The van der Waals surface area contributed by atoms with Crippen molar-refractivity contribution in [3.05, 3.63) is 0 Å². The average Bonchev–Trinajstić information content (AvgIpc) is 2.96. The van der Waals surface area contributed by atoms with Gasteiger partial charge in [-0.05, 0) is 50.1 Å². The van der Waals surface area contributed by atoms with Gasteiger partial charge in [0.2, 0.25) is 0 Å². The van der Waals surface area contributed by atoms with Crippen molar-refractivity contribution >= 4 is 0 Å². The zero-order chi connectivity index (χ0) is 10.7. The Hall–Kier alpha value is -0.0800. The number of nitrogens with one attached hydrogen (secondary N) is 2. The van der Waals surface area contributed by atoms with Gasteiger partial charge >= 0.3 is 0 Å². The van der Waals surface area contributed by atoms with E-state index in [2.05, 4.69) is 24.5 Å². The molecule has 2 fully saturated rings. The third-order valence-electron chi connectivity index (χ3n) is 4.18. The smallest absolute Gasteiger partial charge is 0.00993 e. The first-order chi connectivity index (χ1) is 7.23. The first-order valence-electron chi connectivity index (χ1n) is 6.68. The predicted molar refractivity (Wildman–Crippen MR) is 65.0 cm³/mol. The molecule has 0 bridgehead atoms. The van der Waals surface area contributed by atoms with E-state index in [1.165, 1.54) is 51.7 Å². The van der Waals surface area contributed by atoms with Gasteiger partial charge in [-0.3, -0.25) is 0 Å². The van der Waals surface area contributed by atoms with Crippen molar-refractivity contribution in [2.75, 3.05) is 19.6 Å². The molecule has 15 heavy (non-hydrogen) atoms.